The van der Waals surface area contributed by atoms with Gasteiger partial charge < -0.3 is 68.7 Å². The van der Waals surface area contributed by atoms with Crippen LogP contribution in [0.15, 0.2) is 33.5 Å². The Bertz CT molecular complexity index is 1510. The second-order valence-corrected chi connectivity index (χ2v) is 10.1. The minimum Gasteiger partial charge on any atom is -0.507 e. The molecular formula is C27H32O16. The van der Waals surface area contributed by atoms with E-state index in [0.717, 1.165) is 0 Å². The lowest BCUT2D eigenvalue weighted by Crippen LogP contribution is -2.64. The summed E-state index contributed by atoms with van der Waals surface area (Å²) in [6.07, 6.45) is -15.5. The fourth-order valence-electron chi connectivity index (χ4n) is 4.94. The molecule has 0 bridgehead atoms. The van der Waals surface area contributed by atoms with Gasteiger partial charge in [-0.05, 0) is 13.0 Å². The van der Waals surface area contributed by atoms with Crippen LogP contribution in [-0.4, -0.2) is 118 Å². The van der Waals surface area contributed by atoms with Crippen LogP contribution >= 0.6 is 0 Å². The van der Waals surface area contributed by atoms with Crippen LogP contribution in [0.4, 0.5) is 0 Å². The first-order valence-electron chi connectivity index (χ1n) is 13.2. The molecule has 2 aliphatic heterocycles. The average Bonchev–Trinajstić information content (AvgIpc) is 2.99. The number of benzene rings is 2. The summed E-state index contributed by atoms with van der Waals surface area (Å²) in [6, 6.07) is 5.22. The first-order valence-corrected chi connectivity index (χ1v) is 13.2. The molecule has 236 valence electrons. The lowest BCUT2D eigenvalue weighted by Gasteiger charge is -2.45. The van der Waals surface area contributed by atoms with E-state index >= 15 is 0 Å². The summed E-state index contributed by atoms with van der Waals surface area (Å²) in [5.41, 5.74) is -0.543. The topological polar surface area (TPSA) is 236 Å². The van der Waals surface area contributed by atoms with E-state index < -0.39 is 73.4 Å². The molecule has 2 aromatic carbocycles. The quantitative estimate of drug-likeness (QED) is 0.0882. The van der Waals surface area contributed by atoms with Crippen LogP contribution in [0.25, 0.3) is 21.9 Å². The molecule has 3 heterocycles. The van der Waals surface area contributed by atoms with Crippen LogP contribution in [-0.2, 0) is 19.1 Å². The first-order chi connectivity index (χ1) is 20.5. The third-order valence-corrected chi connectivity index (χ3v) is 7.40. The van der Waals surface area contributed by atoms with E-state index in [0.29, 0.717) is 0 Å². The molecule has 0 aliphatic carbocycles. The minimum absolute atomic E-state index is 0.00543. The maximum absolute atomic E-state index is 13.2. The number of rotatable bonds is 8. The Hall–Kier alpha value is -3.29. The monoisotopic (exact) mass is 612 g/mol. The van der Waals surface area contributed by atoms with Gasteiger partial charge >= 0.3 is 0 Å². The smallest absolute Gasteiger partial charge is 0.232 e. The Balaban J connectivity index is 1.45. The molecule has 2 aliphatic rings. The van der Waals surface area contributed by atoms with Gasteiger partial charge in [0.05, 0.1) is 32.3 Å². The highest BCUT2D eigenvalue weighted by molar-refractivity contribution is 5.95. The molecule has 0 saturated carbocycles. The van der Waals surface area contributed by atoms with Crippen molar-refractivity contribution >= 4 is 21.9 Å². The van der Waals surface area contributed by atoms with Crippen molar-refractivity contribution in [3.63, 3.8) is 0 Å². The molecule has 16 heteroatoms. The minimum atomic E-state index is -1.78. The van der Waals surface area contributed by atoms with E-state index in [1.807, 2.05) is 0 Å². The number of aromatic hydroxyl groups is 1. The largest absolute Gasteiger partial charge is 0.507 e. The fraction of sp³-hybridized carbons (Fsp3) is 0.519. The lowest BCUT2D eigenvalue weighted by atomic mass is 9.97. The number of hydrogen-bond donors (Lipinski definition) is 7. The summed E-state index contributed by atoms with van der Waals surface area (Å²) in [7, 11) is 2.66. The molecule has 7 N–H and O–H groups in total. The van der Waals surface area contributed by atoms with Crippen molar-refractivity contribution in [3.8, 4) is 23.0 Å². The summed E-state index contributed by atoms with van der Waals surface area (Å²) in [4.78, 5) is 24.0. The van der Waals surface area contributed by atoms with Crippen LogP contribution in [0.1, 0.15) is 6.92 Å². The summed E-state index contributed by atoms with van der Waals surface area (Å²) in [5, 5.41) is 71.7. The van der Waals surface area contributed by atoms with E-state index in [2.05, 4.69) is 0 Å². The van der Waals surface area contributed by atoms with Gasteiger partial charge in [-0.2, -0.15) is 4.89 Å². The van der Waals surface area contributed by atoms with Gasteiger partial charge in [0.25, 0.3) is 0 Å². The van der Waals surface area contributed by atoms with Gasteiger partial charge in [0.15, 0.2) is 12.0 Å². The summed E-state index contributed by atoms with van der Waals surface area (Å²) in [5.74, 6) is -0.273. The van der Waals surface area contributed by atoms with Crippen molar-refractivity contribution in [2.24, 2.45) is 0 Å². The molecule has 3 aromatic rings. The molecular weight excluding hydrogens is 580 g/mol. The van der Waals surface area contributed by atoms with Gasteiger partial charge in [0, 0.05) is 18.2 Å². The van der Waals surface area contributed by atoms with Crippen LogP contribution in [0.2, 0.25) is 0 Å². The SMILES string of the molecule is COc1cc(O)c2c(=O)c3cc(OC)c(OO[C@H]4O[C@H](CO)[C@@H](O)[C@H](O)[C@@H]4O[C@@H]4O[C@@H](C)[C@@H](O)[C@H](O)[C@@H]4O)cc3oc2c1. The molecule has 0 spiro atoms. The highest BCUT2D eigenvalue weighted by atomic mass is 17.2. The van der Waals surface area contributed by atoms with Crippen molar-refractivity contribution in [3.05, 3.63) is 34.5 Å². The number of hydrogen-bond acceptors (Lipinski definition) is 16. The number of aliphatic hydroxyl groups is 6. The highest BCUT2D eigenvalue weighted by Crippen LogP contribution is 2.37. The number of aliphatic hydroxyl groups excluding tert-OH is 6. The van der Waals surface area contributed by atoms with E-state index in [-0.39, 0.29) is 44.9 Å². The summed E-state index contributed by atoms with van der Waals surface area (Å²) in [6.45, 7) is 0.686. The van der Waals surface area contributed by atoms with Crippen molar-refractivity contribution < 1.29 is 73.6 Å². The Morgan fingerprint density at radius 2 is 1.56 bits per heavy atom. The zero-order valence-electron chi connectivity index (χ0n) is 23.1. The second-order valence-electron chi connectivity index (χ2n) is 10.1. The van der Waals surface area contributed by atoms with Crippen LogP contribution in [0.5, 0.6) is 23.0 Å². The zero-order chi connectivity index (χ0) is 31.2. The summed E-state index contributed by atoms with van der Waals surface area (Å²) >= 11 is 0. The second kappa shape index (κ2) is 12.4. The normalized spacial score (nSPS) is 33.0. The molecule has 2 fully saturated rings. The number of methoxy groups -OCH3 is 2. The van der Waals surface area contributed by atoms with Gasteiger partial charge in [0.2, 0.25) is 17.5 Å². The molecule has 5 rings (SSSR count). The lowest BCUT2D eigenvalue weighted by molar-refractivity contribution is -0.413. The Kier molecular flexibility index (Phi) is 8.96. The Morgan fingerprint density at radius 3 is 2.23 bits per heavy atom. The third kappa shape index (κ3) is 5.69. The predicted molar refractivity (Wildman–Crippen MR) is 141 cm³/mol. The molecule has 0 amide bonds. The molecule has 2 saturated heterocycles. The molecule has 16 nitrogen and oxygen atoms in total. The maximum Gasteiger partial charge on any atom is 0.232 e. The summed E-state index contributed by atoms with van der Waals surface area (Å²) < 4.78 is 32.9. The number of fused-ring (bicyclic) bond motifs is 2. The molecule has 0 radical (unpaired) electrons. The van der Waals surface area contributed by atoms with E-state index in [1.54, 1.807) is 0 Å². The third-order valence-electron chi connectivity index (χ3n) is 7.40. The first kappa shape index (κ1) is 31.1. The average molecular weight is 613 g/mol. The van der Waals surface area contributed by atoms with Crippen molar-refractivity contribution in [2.75, 3.05) is 20.8 Å². The van der Waals surface area contributed by atoms with Crippen LogP contribution < -0.4 is 19.8 Å². The van der Waals surface area contributed by atoms with Crippen molar-refractivity contribution in [1.29, 1.82) is 0 Å². The zero-order valence-corrected chi connectivity index (χ0v) is 23.1. The number of phenols is 1. The fourth-order valence-corrected chi connectivity index (χ4v) is 4.94. The van der Waals surface area contributed by atoms with Gasteiger partial charge in [-0.3, -0.25) is 4.79 Å². The molecule has 1 aromatic heterocycles. The standard InChI is InChI=1S/C27H32O16/c1-9-19(30)22(33)24(35)26(38-9)41-25-23(34)21(32)17(8-28)40-27(25)43-42-15-7-13-11(6-14(15)37-3)20(31)18-12(29)4-10(36-2)5-16(18)39-13/h4-7,9,17,19,21-30,32-35H,8H2,1-3H3/t9-,17+,19+,21+,22-,23-,24-,25-,26-,27+/m0/s1. The molecule has 43 heavy (non-hydrogen) atoms. The number of phenolic OH excluding ortho intramolecular Hbond substituents is 1. The molecule has 10 atom stereocenters. The van der Waals surface area contributed by atoms with Gasteiger partial charge in [-0.1, -0.05) is 0 Å². The highest BCUT2D eigenvalue weighted by Gasteiger charge is 2.51. The maximum atomic E-state index is 13.2. The van der Waals surface area contributed by atoms with E-state index in [1.165, 1.54) is 45.4 Å². The predicted octanol–water partition coefficient (Wildman–Crippen LogP) is -1.37. The Morgan fingerprint density at radius 1 is 0.814 bits per heavy atom. The van der Waals surface area contributed by atoms with Gasteiger partial charge in [-0.25, -0.2) is 0 Å². The number of ether oxygens (including phenoxy) is 5. The van der Waals surface area contributed by atoms with Gasteiger partial charge in [-0.15, -0.1) is 0 Å². The van der Waals surface area contributed by atoms with Crippen LogP contribution in [0, 0.1) is 0 Å². The van der Waals surface area contributed by atoms with Gasteiger partial charge in [0.1, 0.15) is 70.8 Å². The van der Waals surface area contributed by atoms with Crippen molar-refractivity contribution in [2.45, 2.75) is 68.3 Å². The van der Waals surface area contributed by atoms with Crippen molar-refractivity contribution in [1.82, 2.24) is 0 Å². The van der Waals surface area contributed by atoms with E-state index in [9.17, 15) is 40.5 Å². The Labute approximate surface area is 242 Å². The molecule has 0 unspecified atom stereocenters. The van der Waals surface area contributed by atoms with Crippen LogP contribution in [0.3, 0.4) is 0 Å². The van der Waals surface area contributed by atoms with E-state index in [4.69, 9.17) is 37.9 Å².